The molecule has 0 spiro atoms. The van der Waals surface area contributed by atoms with E-state index in [1.54, 1.807) is 7.11 Å². The first-order valence-electron chi connectivity index (χ1n) is 6.83. The van der Waals surface area contributed by atoms with Crippen molar-refractivity contribution in [2.24, 2.45) is 0 Å². The number of hydrogen-bond acceptors (Lipinski definition) is 3. The molecule has 0 aliphatic heterocycles. The Hall–Kier alpha value is -1.39. The zero-order valence-electron chi connectivity index (χ0n) is 13.4. The Morgan fingerprint density at radius 3 is 2.45 bits per heavy atom. The van der Waals surface area contributed by atoms with E-state index < -0.39 is 0 Å². The van der Waals surface area contributed by atoms with E-state index in [2.05, 4.69) is 5.32 Å². The lowest BCUT2D eigenvalue weighted by Gasteiger charge is -2.28. The highest BCUT2D eigenvalue weighted by atomic mass is 16.5. The molecule has 0 heterocycles. The van der Waals surface area contributed by atoms with Crippen LogP contribution in [0, 0.1) is 6.92 Å². The maximum atomic E-state index is 12.5. The van der Waals surface area contributed by atoms with Crippen LogP contribution < -0.4 is 5.32 Å². The van der Waals surface area contributed by atoms with Gasteiger partial charge in [0.05, 0.1) is 5.60 Å². The number of amides is 1. The van der Waals surface area contributed by atoms with Crippen molar-refractivity contribution in [1.82, 2.24) is 10.2 Å². The van der Waals surface area contributed by atoms with E-state index in [9.17, 15) is 4.79 Å². The highest BCUT2D eigenvalue weighted by Gasteiger charge is 2.26. The third-order valence-electron chi connectivity index (χ3n) is 3.49. The van der Waals surface area contributed by atoms with Gasteiger partial charge in [-0.2, -0.15) is 0 Å². The molecule has 0 saturated heterocycles. The van der Waals surface area contributed by atoms with Gasteiger partial charge in [-0.05, 0) is 46.0 Å². The van der Waals surface area contributed by atoms with Gasteiger partial charge in [0, 0.05) is 13.7 Å². The molecule has 0 saturated carbocycles. The van der Waals surface area contributed by atoms with Crippen LogP contribution in [-0.2, 0) is 9.53 Å². The summed E-state index contributed by atoms with van der Waals surface area (Å²) in [6.45, 7) is 6.41. The Morgan fingerprint density at radius 2 is 1.95 bits per heavy atom. The number of ether oxygens (including phenoxy) is 1. The molecule has 20 heavy (non-hydrogen) atoms. The minimum atomic E-state index is -0.363. The van der Waals surface area contributed by atoms with Crippen molar-refractivity contribution in [1.29, 1.82) is 0 Å². The highest BCUT2D eigenvalue weighted by Crippen LogP contribution is 2.22. The van der Waals surface area contributed by atoms with Crippen LogP contribution in [-0.4, -0.2) is 44.2 Å². The third-order valence-corrected chi connectivity index (χ3v) is 3.49. The van der Waals surface area contributed by atoms with Crippen molar-refractivity contribution in [3.8, 4) is 0 Å². The van der Waals surface area contributed by atoms with Gasteiger partial charge in [-0.15, -0.1) is 0 Å². The molecule has 0 unspecified atom stereocenters. The quantitative estimate of drug-likeness (QED) is 0.867. The van der Waals surface area contributed by atoms with Crippen LogP contribution in [0.15, 0.2) is 24.3 Å². The van der Waals surface area contributed by atoms with Gasteiger partial charge in [0.25, 0.3) is 0 Å². The second-order valence-corrected chi connectivity index (χ2v) is 5.90. The molecule has 1 atom stereocenters. The molecule has 1 aromatic rings. The summed E-state index contributed by atoms with van der Waals surface area (Å²) in [7, 11) is 5.48. The number of methoxy groups -OCH3 is 1. The minimum absolute atomic E-state index is 0.00516. The number of rotatable bonds is 6. The highest BCUT2D eigenvalue weighted by molar-refractivity contribution is 5.83. The van der Waals surface area contributed by atoms with E-state index in [0.717, 1.165) is 11.1 Å². The van der Waals surface area contributed by atoms with Gasteiger partial charge < -0.3 is 10.1 Å². The Balaban J connectivity index is 2.88. The predicted molar refractivity (Wildman–Crippen MR) is 81.7 cm³/mol. The van der Waals surface area contributed by atoms with Gasteiger partial charge in [0.15, 0.2) is 0 Å². The van der Waals surface area contributed by atoms with Crippen LogP contribution >= 0.6 is 0 Å². The zero-order valence-corrected chi connectivity index (χ0v) is 13.4. The summed E-state index contributed by atoms with van der Waals surface area (Å²) in [6, 6.07) is 7.69. The number of carbonyl (C=O) groups excluding carboxylic acids is 1. The van der Waals surface area contributed by atoms with Gasteiger partial charge in [-0.1, -0.05) is 24.3 Å². The van der Waals surface area contributed by atoms with Crippen molar-refractivity contribution in [3.05, 3.63) is 35.4 Å². The Kier molecular flexibility index (Phi) is 5.72. The molecule has 0 radical (unpaired) electrons. The second-order valence-electron chi connectivity index (χ2n) is 5.90. The summed E-state index contributed by atoms with van der Waals surface area (Å²) in [5, 5.41) is 2.98. The first kappa shape index (κ1) is 16.7. The Labute approximate surface area is 122 Å². The smallest absolute Gasteiger partial charge is 0.242 e. The van der Waals surface area contributed by atoms with Crippen LogP contribution in [0.1, 0.15) is 31.0 Å². The summed E-state index contributed by atoms with van der Waals surface area (Å²) in [4.78, 5) is 14.4. The van der Waals surface area contributed by atoms with Crippen LogP contribution in [0.4, 0.5) is 0 Å². The maximum Gasteiger partial charge on any atom is 0.242 e. The van der Waals surface area contributed by atoms with Crippen LogP contribution in [0.25, 0.3) is 0 Å². The number of nitrogens with one attached hydrogen (secondary N) is 1. The van der Waals surface area contributed by atoms with Gasteiger partial charge in [-0.3, -0.25) is 9.69 Å². The normalized spacial score (nSPS) is 13.3. The third kappa shape index (κ3) is 4.32. The van der Waals surface area contributed by atoms with Gasteiger partial charge in [0.1, 0.15) is 6.04 Å². The van der Waals surface area contributed by atoms with Crippen molar-refractivity contribution in [3.63, 3.8) is 0 Å². The fourth-order valence-electron chi connectivity index (χ4n) is 2.02. The first-order chi connectivity index (χ1) is 9.28. The maximum absolute atomic E-state index is 12.5. The molecule has 0 bridgehead atoms. The molecule has 0 aliphatic rings. The summed E-state index contributed by atoms with van der Waals surface area (Å²) < 4.78 is 5.33. The van der Waals surface area contributed by atoms with E-state index in [1.807, 2.05) is 64.0 Å². The minimum Gasteiger partial charge on any atom is -0.377 e. The molecule has 1 rings (SSSR count). The number of likely N-dealkylation sites (N-methyl/N-ethyl adjacent to an activating group) is 1. The standard InChI is InChI=1S/C16H26N2O2/c1-12-9-7-8-10-13(12)14(18(4)5)15(19)17-11-16(2,3)20-6/h7-10,14H,11H2,1-6H3,(H,17,19)/t14-/m1/s1. The molecule has 112 valence electrons. The van der Waals surface area contributed by atoms with E-state index in [1.165, 1.54) is 0 Å². The lowest BCUT2D eigenvalue weighted by Crippen LogP contribution is -2.44. The number of aryl methyl sites for hydroxylation is 1. The van der Waals surface area contributed by atoms with Gasteiger partial charge in [-0.25, -0.2) is 0 Å². The van der Waals surface area contributed by atoms with Crippen molar-refractivity contribution < 1.29 is 9.53 Å². The summed E-state index contributed by atoms with van der Waals surface area (Å²) in [6.07, 6.45) is 0. The molecule has 1 aromatic carbocycles. The summed E-state index contributed by atoms with van der Waals surface area (Å²) in [5.74, 6) is -0.00516. The van der Waals surface area contributed by atoms with Crippen LogP contribution in [0.2, 0.25) is 0 Å². The van der Waals surface area contributed by atoms with Crippen LogP contribution in [0.3, 0.4) is 0 Å². The van der Waals surface area contributed by atoms with E-state index >= 15 is 0 Å². The predicted octanol–water partition coefficient (Wildman–Crippen LogP) is 2.14. The van der Waals surface area contributed by atoms with Crippen molar-refractivity contribution in [2.75, 3.05) is 27.7 Å². The van der Waals surface area contributed by atoms with Crippen molar-refractivity contribution in [2.45, 2.75) is 32.4 Å². The number of nitrogens with zero attached hydrogens (tertiary/aromatic N) is 1. The average Bonchev–Trinajstić information content (AvgIpc) is 2.39. The first-order valence-corrected chi connectivity index (χ1v) is 6.83. The van der Waals surface area contributed by atoms with Gasteiger partial charge >= 0.3 is 0 Å². The van der Waals surface area contributed by atoms with Crippen LogP contribution in [0.5, 0.6) is 0 Å². The Bertz CT molecular complexity index is 456. The zero-order chi connectivity index (χ0) is 15.3. The lowest BCUT2D eigenvalue weighted by atomic mass is 9.99. The molecular formula is C16H26N2O2. The molecule has 4 heteroatoms. The molecule has 4 nitrogen and oxygen atoms in total. The molecule has 1 N–H and O–H groups in total. The second kappa shape index (κ2) is 6.86. The van der Waals surface area contributed by atoms with E-state index in [0.29, 0.717) is 6.54 Å². The molecule has 0 aromatic heterocycles. The molecule has 1 amide bonds. The fourth-order valence-corrected chi connectivity index (χ4v) is 2.02. The Morgan fingerprint density at radius 1 is 1.35 bits per heavy atom. The topological polar surface area (TPSA) is 41.6 Å². The number of hydrogen-bond donors (Lipinski definition) is 1. The molecular weight excluding hydrogens is 252 g/mol. The molecule has 0 fully saturated rings. The molecule has 0 aliphatic carbocycles. The summed E-state index contributed by atoms with van der Waals surface area (Å²) in [5.41, 5.74) is 1.79. The fraction of sp³-hybridized carbons (Fsp3) is 0.562. The van der Waals surface area contributed by atoms with Crippen molar-refractivity contribution >= 4 is 5.91 Å². The lowest BCUT2D eigenvalue weighted by molar-refractivity contribution is -0.127. The monoisotopic (exact) mass is 278 g/mol. The SMILES string of the molecule is COC(C)(C)CNC(=O)[C@@H](c1ccccc1C)N(C)C. The number of carbonyl (C=O) groups is 1. The van der Waals surface area contributed by atoms with E-state index in [-0.39, 0.29) is 17.6 Å². The van der Waals surface area contributed by atoms with E-state index in [4.69, 9.17) is 4.74 Å². The number of benzene rings is 1. The largest absolute Gasteiger partial charge is 0.377 e. The summed E-state index contributed by atoms with van der Waals surface area (Å²) >= 11 is 0. The average molecular weight is 278 g/mol. The van der Waals surface area contributed by atoms with Gasteiger partial charge in [0.2, 0.25) is 5.91 Å².